The van der Waals surface area contributed by atoms with E-state index in [0.29, 0.717) is 17.7 Å². The van der Waals surface area contributed by atoms with Gasteiger partial charge < -0.3 is 15.2 Å². The summed E-state index contributed by atoms with van der Waals surface area (Å²) in [5, 5.41) is 16.2. The molecule has 6 nitrogen and oxygen atoms in total. The molecule has 2 fully saturated rings. The van der Waals surface area contributed by atoms with Crippen molar-refractivity contribution in [1.82, 2.24) is 25.4 Å². The molecule has 2 N–H and O–H groups in total. The van der Waals surface area contributed by atoms with E-state index in [4.69, 9.17) is 0 Å². The molecule has 1 aromatic rings. The summed E-state index contributed by atoms with van der Waals surface area (Å²) < 4.78 is 2.06. The first-order chi connectivity index (χ1) is 12.2. The number of hydrogen-bond donors (Lipinski definition) is 2. The second-order valence-corrected chi connectivity index (χ2v) is 8.28. The maximum absolute atomic E-state index is 12.3. The standard InChI is InChI=1S/C18H31N5OS/c1-23-17(14-8-7-11-19-12-14)21-22-18(23)25-13-16(24)20-15-9-5-3-2-4-6-10-15/h14-15,19H,2-13H2,1H3,(H,20,24)/t14-/m1/s1. The predicted molar refractivity (Wildman–Crippen MR) is 101 cm³/mol. The van der Waals surface area contributed by atoms with Crippen LogP contribution in [0.4, 0.5) is 0 Å². The fraction of sp³-hybridized carbons (Fsp3) is 0.833. The number of aromatic nitrogens is 3. The second-order valence-electron chi connectivity index (χ2n) is 7.34. The number of hydrogen-bond acceptors (Lipinski definition) is 5. The molecule has 25 heavy (non-hydrogen) atoms. The van der Waals surface area contributed by atoms with Gasteiger partial charge in [-0.05, 0) is 32.2 Å². The molecule has 1 amide bonds. The van der Waals surface area contributed by atoms with E-state index in [1.807, 2.05) is 7.05 Å². The first kappa shape index (κ1) is 18.7. The van der Waals surface area contributed by atoms with E-state index in [-0.39, 0.29) is 5.91 Å². The maximum atomic E-state index is 12.3. The van der Waals surface area contributed by atoms with Crippen molar-refractivity contribution in [2.45, 2.75) is 74.9 Å². The monoisotopic (exact) mass is 365 g/mol. The van der Waals surface area contributed by atoms with Gasteiger partial charge in [0.15, 0.2) is 5.16 Å². The minimum absolute atomic E-state index is 0.124. The molecule has 0 radical (unpaired) electrons. The molecular formula is C18H31N5OS. The van der Waals surface area contributed by atoms with Crippen LogP contribution in [0.1, 0.15) is 69.5 Å². The lowest BCUT2D eigenvalue weighted by molar-refractivity contribution is -0.119. The highest BCUT2D eigenvalue weighted by molar-refractivity contribution is 7.99. The van der Waals surface area contributed by atoms with Gasteiger partial charge in [-0.3, -0.25) is 4.79 Å². The molecule has 1 saturated heterocycles. The van der Waals surface area contributed by atoms with Gasteiger partial charge in [-0.1, -0.05) is 43.9 Å². The van der Waals surface area contributed by atoms with Gasteiger partial charge in [-0.25, -0.2) is 0 Å². The fourth-order valence-corrected chi connectivity index (χ4v) is 4.61. The van der Waals surface area contributed by atoms with E-state index in [9.17, 15) is 4.79 Å². The third-order valence-corrected chi connectivity index (χ3v) is 6.35. The van der Waals surface area contributed by atoms with Crippen molar-refractivity contribution >= 4 is 17.7 Å². The lowest BCUT2D eigenvalue weighted by atomic mass is 9.97. The van der Waals surface area contributed by atoms with E-state index in [0.717, 1.165) is 43.3 Å². The molecule has 2 heterocycles. The molecule has 1 aromatic heterocycles. The van der Waals surface area contributed by atoms with Crippen LogP contribution in [0.3, 0.4) is 0 Å². The Kier molecular flexibility index (Phi) is 7.16. The summed E-state index contributed by atoms with van der Waals surface area (Å²) in [6.07, 6.45) is 11.0. The number of carbonyl (C=O) groups is 1. The molecule has 0 spiro atoms. The average molecular weight is 366 g/mol. The Hall–Kier alpha value is -1.08. The Bertz CT molecular complexity index is 548. The van der Waals surface area contributed by atoms with Gasteiger partial charge in [0.1, 0.15) is 5.82 Å². The minimum Gasteiger partial charge on any atom is -0.353 e. The zero-order valence-electron chi connectivity index (χ0n) is 15.3. The van der Waals surface area contributed by atoms with Crippen LogP contribution in [0.2, 0.25) is 0 Å². The van der Waals surface area contributed by atoms with Crippen LogP contribution >= 0.6 is 11.8 Å². The minimum atomic E-state index is 0.124. The number of amides is 1. The number of rotatable bonds is 5. The van der Waals surface area contributed by atoms with Crippen molar-refractivity contribution in [2.75, 3.05) is 18.8 Å². The molecule has 0 bridgehead atoms. The number of carbonyl (C=O) groups excluding carboxylic acids is 1. The van der Waals surface area contributed by atoms with Crippen LogP contribution in [0.25, 0.3) is 0 Å². The molecule has 3 rings (SSSR count). The lowest BCUT2D eigenvalue weighted by Gasteiger charge is -2.22. The van der Waals surface area contributed by atoms with E-state index < -0.39 is 0 Å². The van der Waals surface area contributed by atoms with E-state index in [1.165, 1.54) is 50.3 Å². The molecule has 7 heteroatoms. The highest BCUT2D eigenvalue weighted by atomic mass is 32.2. The number of piperidine rings is 1. The zero-order valence-corrected chi connectivity index (χ0v) is 16.1. The Balaban J connectivity index is 1.47. The fourth-order valence-electron chi connectivity index (χ4n) is 3.88. The molecule has 1 saturated carbocycles. The van der Waals surface area contributed by atoms with Crippen LogP contribution in [0.5, 0.6) is 0 Å². The van der Waals surface area contributed by atoms with Crippen LogP contribution in [-0.4, -0.2) is 45.6 Å². The topological polar surface area (TPSA) is 71.8 Å². The average Bonchev–Trinajstić information content (AvgIpc) is 2.97. The summed E-state index contributed by atoms with van der Waals surface area (Å²) >= 11 is 1.49. The Labute approximate surface area is 154 Å². The summed E-state index contributed by atoms with van der Waals surface area (Å²) in [4.78, 5) is 12.3. The Morgan fingerprint density at radius 2 is 1.92 bits per heavy atom. The van der Waals surface area contributed by atoms with Gasteiger partial charge >= 0.3 is 0 Å². The molecule has 1 aliphatic heterocycles. The number of nitrogens with one attached hydrogen (secondary N) is 2. The van der Waals surface area contributed by atoms with Crippen molar-refractivity contribution < 1.29 is 4.79 Å². The van der Waals surface area contributed by atoms with E-state index in [1.54, 1.807) is 0 Å². The van der Waals surface area contributed by atoms with Crippen molar-refractivity contribution in [1.29, 1.82) is 0 Å². The van der Waals surface area contributed by atoms with Gasteiger partial charge in [-0.2, -0.15) is 0 Å². The maximum Gasteiger partial charge on any atom is 0.230 e. The smallest absolute Gasteiger partial charge is 0.230 e. The van der Waals surface area contributed by atoms with Crippen molar-refractivity contribution in [3.05, 3.63) is 5.82 Å². The molecule has 0 unspecified atom stereocenters. The normalized spacial score (nSPS) is 23.0. The van der Waals surface area contributed by atoms with Crippen LogP contribution in [-0.2, 0) is 11.8 Å². The SMILES string of the molecule is Cn1c(SCC(=O)NC2CCCCCCC2)nnc1[C@@H]1CCCNC1. The lowest BCUT2D eigenvalue weighted by Crippen LogP contribution is -2.36. The third kappa shape index (κ3) is 5.45. The van der Waals surface area contributed by atoms with Gasteiger partial charge in [0, 0.05) is 25.6 Å². The van der Waals surface area contributed by atoms with E-state index in [2.05, 4.69) is 25.4 Å². The molecule has 1 aliphatic carbocycles. The molecular weight excluding hydrogens is 334 g/mol. The summed E-state index contributed by atoms with van der Waals surface area (Å²) in [5.41, 5.74) is 0. The van der Waals surface area contributed by atoms with Crippen molar-refractivity contribution in [3.8, 4) is 0 Å². The van der Waals surface area contributed by atoms with E-state index >= 15 is 0 Å². The van der Waals surface area contributed by atoms with Crippen LogP contribution in [0, 0.1) is 0 Å². The van der Waals surface area contributed by atoms with Gasteiger partial charge in [0.2, 0.25) is 5.91 Å². The van der Waals surface area contributed by atoms with Gasteiger partial charge in [0.25, 0.3) is 0 Å². The Morgan fingerprint density at radius 1 is 1.16 bits per heavy atom. The summed E-state index contributed by atoms with van der Waals surface area (Å²) in [5.74, 6) is 2.02. The first-order valence-corrected chi connectivity index (χ1v) is 10.7. The van der Waals surface area contributed by atoms with Gasteiger partial charge in [0.05, 0.1) is 5.75 Å². The van der Waals surface area contributed by atoms with Crippen LogP contribution in [0.15, 0.2) is 5.16 Å². The second kappa shape index (κ2) is 9.57. The molecule has 1 atom stereocenters. The summed E-state index contributed by atoms with van der Waals surface area (Å²) in [6.45, 7) is 2.07. The Morgan fingerprint density at radius 3 is 2.64 bits per heavy atom. The van der Waals surface area contributed by atoms with Crippen LogP contribution < -0.4 is 10.6 Å². The quantitative estimate of drug-likeness (QED) is 0.785. The third-order valence-electron chi connectivity index (χ3n) is 5.33. The summed E-state index contributed by atoms with van der Waals surface area (Å²) in [7, 11) is 2.01. The van der Waals surface area contributed by atoms with Crippen molar-refractivity contribution in [2.24, 2.45) is 7.05 Å². The molecule has 2 aliphatic rings. The number of nitrogens with zero attached hydrogens (tertiary/aromatic N) is 3. The molecule has 140 valence electrons. The largest absolute Gasteiger partial charge is 0.353 e. The zero-order chi connectivity index (χ0) is 17.5. The highest BCUT2D eigenvalue weighted by Gasteiger charge is 2.22. The summed E-state index contributed by atoms with van der Waals surface area (Å²) in [6, 6.07) is 0.358. The number of thioether (sulfide) groups is 1. The van der Waals surface area contributed by atoms with Gasteiger partial charge in [-0.15, -0.1) is 10.2 Å². The van der Waals surface area contributed by atoms with Crippen molar-refractivity contribution in [3.63, 3.8) is 0 Å². The highest BCUT2D eigenvalue weighted by Crippen LogP contribution is 2.25. The molecule has 0 aromatic carbocycles. The predicted octanol–water partition coefficient (Wildman–Crippen LogP) is 2.60. The first-order valence-electron chi connectivity index (χ1n) is 9.76.